The number of guanidine groups is 1. The summed E-state index contributed by atoms with van der Waals surface area (Å²) in [6.07, 6.45) is 0.401. The van der Waals surface area contributed by atoms with E-state index in [9.17, 15) is 9.59 Å². The normalized spacial score (nSPS) is 17.1. The number of nitrogens with zero attached hydrogens (tertiary/aromatic N) is 2. The van der Waals surface area contributed by atoms with Gasteiger partial charge in [-0.25, -0.2) is 4.79 Å². The predicted octanol–water partition coefficient (Wildman–Crippen LogP) is 2.24. The third-order valence-electron chi connectivity index (χ3n) is 4.23. The van der Waals surface area contributed by atoms with Crippen LogP contribution in [-0.2, 0) is 4.74 Å². The molecule has 0 radical (unpaired) electrons. The van der Waals surface area contributed by atoms with Crippen LogP contribution >= 0.6 is 11.6 Å². The Morgan fingerprint density at radius 1 is 1.24 bits per heavy atom. The Balaban J connectivity index is 1.73. The number of alkyl carbamates (subject to hydrolysis) is 1. The van der Waals surface area contributed by atoms with Gasteiger partial charge in [0, 0.05) is 33.2 Å². The molecule has 1 unspecified atom stereocenters. The van der Waals surface area contributed by atoms with Gasteiger partial charge in [0.2, 0.25) is 0 Å². The van der Waals surface area contributed by atoms with E-state index in [0.29, 0.717) is 30.2 Å². The SMILES string of the molecule is CN=C(NCCNC(=O)c1ccccc1Cl)N1CCC(NC(=O)OC(C)(C)C)C1. The molecule has 0 bridgehead atoms. The lowest BCUT2D eigenvalue weighted by Crippen LogP contribution is -2.45. The van der Waals surface area contributed by atoms with E-state index in [-0.39, 0.29) is 11.9 Å². The van der Waals surface area contributed by atoms with Gasteiger partial charge >= 0.3 is 6.09 Å². The summed E-state index contributed by atoms with van der Waals surface area (Å²) in [5.74, 6) is 0.515. The standard InChI is InChI=1S/C20H30ClN5O3/c1-20(2,3)29-19(28)25-14-9-12-26(13-14)18(22-4)24-11-10-23-17(27)15-7-5-6-8-16(15)21/h5-8,14H,9-13H2,1-4H3,(H,22,24)(H,23,27)(H,25,28). The molecule has 1 saturated heterocycles. The molecule has 1 aromatic rings. The molecule has 0 saturated carbocycles. The van der Waals surface area contributed by atoms with Crippen LogP contribution in [0.25, 0.3) is 0 Å². The first kappa shape index (κ1) is 22.8. The summed E-state index contributed by atoms with van der Waals surface area (Å²) in [4.78, 5) is 30.4. The van der Waals surface area contributed by atoms with Crippen LogP contribution in [0.2, 0.25) is 5.02 Å². The quantitative estimate of drug-likeness (QED) is 0.383. The molecule has 1 fully saturated rings. The van der Waals surface area contributed by atoms with Gasteiger partial charge in [-0.05, 0) is 39.3 Å². The number of amides is 2. The molecule has 9 heteroatoms. The Labute approximate surface area is 177 Å². The number of ether oxygens (including phenoxy) is 1. The molecule has 29 heavy (non-hydrogen) atoms. The molecule has 1 aliphatic rings. The van der Waals surface area contributed by atoms with Crippen molar-refractivity contribution in [2.24, 2.45) is 4.99 Å². The lowest BCUT2D eigenvalue weighted by Gasteiger charge is -2.23. The smallest absolute Gasteiger partial charge is 0.407 e. The van der Waals surface area contributed by atoms with Gasteiger partial charge in [-0.2, -0.15) is 0 Å². The molecule has 1 aliphatic heterocycles. The Hall–Kier alpha value is -2.48. The lowest BCUT2D eigenvalue weighted by molar-refractivity contribution is 0.0507. The van der Waals surface area contributed by atoms with Crippen LogP contribution in [0, 0.1) is 0 Å². The van der Waals surface area contributed by atoms with Crippen molar-refractivity contribution in [2.45, 2.75) is 38.8 Å². The van der Waals surface area contributed by atoms with E-state index in [1.807, 2.05) is 20.8 Å². The molecular weight excluding hydrogens is 394 g/mol. The van der Waals surface area contributed by atoms with Crippen LogP contribution in [0.4, 0.5) is 4.79 Å². The molecule has 2 rings (SSSR count). The van der Waals surface area contributed by atoms with E-state index in [4.69, 9.17) is 16.3 Å². The van der Waals surface area contributed by atoms with Crippen molar-refractivity contribution in [2.75, 3.05) is 33.2 Å². The molecule has 0 aliphatic carbocycles. The first-order valence-corrected chi connectivity index (χ1v) is 10.0. The van der Waals surface area contributed by atoms with E-state index in [1.165, 1.54) is 0 Å². The van der Waals surface area contributed by atoms with Gasteiger partial charge in [-0.1, -0.05) is 23.7 Å². The average Bonchev–Trinajstić information content (AvgIpc) is 3.08. The Morgan fingerprint density at radius 2 is 1.93 bits per heavy atom. The van der Waals surface area contributed by atoms with E-state index in [2.05, 4.69) is 25.8 Å². The van der Waals surface area contributed by atoms with Gasteiger partial charge in [0.05, 0.1) is 16.6 Å². The summed E-state index contributed by atoms with van der Waals surface area (Å²) in [6.45, 7) is 7.87. The van der Waals surface area contributed by atoms with Crippen molar-refractivity contribution in [1.29, 1.82) is 0 Å². The summed E-state index contributed by atoms with van der Waals surface area (Å²) in [6, 6.07) is 6.93. The van der Waals surface area contributed by atoms with E-state index < -0.39 is 11.7 Å². The van der Waals surface area contributed by atoms with Crippen LogP contribution in [-0.4, -0.2) is 67.7 Å². The number of hydrogen-bond acceptors (Lipinski definition) is 4. The van der Waals surface area contributed by atoms with Gasteiger partial charge < -0.3 is 25.6 Å². The number of aliphatic imine (C=N–C) groups is 1. The lowest BCUT2D eigenvalue weighted by atomic mass is 10.2. The Kier molecular flexibility index (Phi) is 8.13. The molecule has 1 aromatic carbocycles. The third-order valence-corrected chi connectivity index (χ3v) is 4.56. The van der Waals surface area contributed by atoms with E-state index >= 15 is 0 Å². The summed E-state index contributed by atoms with van der Waals surface area (Å²) < 4.78 is 5.30. The van der Waals surface area contributed by atoms with Crippen LogP contribution in [0.1, 0.15) is 37.6 Å². The fourth-order valence-electron chi connectivity index (χ4n) is 2.97. The topological polar surface area (TPSA) is 95.1 Å². The van der Waals surface area contributed by atoms with Gasteiger partial charge in [0.25, 0.3) is 5.91 Å². The molecule has 1 heterocycles. The fraction of sp³-hybridized carbons (Fsp3) is 0.550. The van der Waals surface area contributed by atoms with Crippen molar-refractivity contribution in [3.8, 4) is 0 Å². The first-order valence-electron chi connectivity index (χ1n) is 9.67. The van der Waals surface area contributed by atoms with E-state index in [1.54, 1.807) is 31.3 Å². The second-order valence-corrected chi connectivity index (χ2v) is 8.19. The largest absolute Gasteiger partial charge is 0.444 e. The van der Waals surface area contributed by atoms with Crippen molar-refractivity contribution in [3.63, 3.8) is 0 Å². The van der Waals surface area contributed by atoms with Crippen LogP contribution in [0.3, 0.4) is 0 Å². The van der Waals surface area contributed by atoms with Gasteiger partial charge in [0.15, 0.2) is 5.96 Å². The monoisotopic (exact) mass is 423 g/mol. The van der Waals surface area contributed by atoms with Gasteiger partial charge in [-0.3, -0.25) is 9.79 Å². The molecule has 160 valence electrons. The van der Waals surface area contributed by atoms with Crippen molar-refractivity contribution in [3.05, 3.63) is 34.9 Å². The molecule has 0 spiro atoms. The minimum Gasteiger partial charge on any atom is -0.444 e. The minimum atomic E-state index is -0.519. The second-order valence-electron chi connectivity index (χ2n) is 7.79. The number of rotatable bonds is 5. The molecule has 8 nitrogen and oxygen atoms in total. The Bertz CT molecular complexity index is 748. The number of carbonyl (C=O) groups is 2. The molecule has 2 amide bonds. The van der Waals surface area contributed by atoms with Gasteiger partial charge in [0.1, 0.15) is 5.60 Å². The predicted molar refractivity (Wildman–Crippen MR) is 114 cm³/mol. The van der Waals surface area contributed by atoms with Crippen LogP contribution < -0.4 is 16.0 Å². The van der Waals surface area contributed by atoms with Crippen molar-refractivity contribution >= 4 is 29.6 Å². The molecule has 1 atom stereocenters. The fourth-order valence-corrected chi connectivity index (χ4v) is 3.19. The number of carbonyl (C=O) groups excluding carboxylic acids is 2. The number of nitrogens with one attached hydrogen (secondary N) is 3. The third kappa shape index (κ3) is 7.45. The van der Waals surface area contributed by atoms with Crippen molar-refractivity contribution in [1.82, 2.24) is 20.9 Å². The maximum Gasteiger partial charge on any atom is 0.407 e. The highest BCUT2D eigenvalue weighted by atomic mass is 35.5. The number of halogens is 1. The zero-order chi connectivity index (χ0) is 21.4. The molecule has 0 aromatic heterocycles. The number of hydrogen-bond donors (Lipinski definition) is 3. The summed E-state index contributed by atoms with van der Waals surface area (Å²) in [7, 11) is 1.71. The summed E-state index contributed by atoms with van der Waals surface area (Å²) in [5.41, 5.74) is -0.0665. The molecule has 3 N–H and O–H groups in total. The maximum absolute atomic E-state index is 12.2. The van der Waals surface area contributed by atoms with Crippen LogP contribution in [0.15, 0.2) is 29.3 Å². The van der Waals surface area contributed by atoms with Crippen molar-refractivity contribution < 1.29 is 14.3 Å². The maximum atomic E-state index is 12.2. The van der Waals surface area contributed by atoms with Crippen LogP contribution in [0.5, 0.6) is 0 Å². The van der Waals surface area contributed by atoms with Gasteiger partial charge in [-0.15, -0.1) is 0 Å². The molecular formula is C20H30ClN5O3. The highest BCUT2D eigenvalue weighted by molar-refractivity contribution is 6.33. The Morgan fingerprint density at radius 3 is 2.59 bits per heavy atom. The minimum absolute atomic E-state index is 0.00308. The first-order chi connectivity index (χ1) is 13.7. The second kappa shape index (κ2) is 10.3. The summed E-state index contributed by atoms with van der Waals surface area (Å²) >= 11 is 6.03. The zero-order valence-electron chi connectivity index (χ0n) is 17.4. The highest BCUT2D eigenvalue weighted by Gasteiger charge is 2.27. The van der Waals surface area contributed by atoms with E-state index in [0.717, 1.165) is 18.9 Å². The summed E-state index contributed by atoms with van der Waals surface area (Å²) in [5, 5.41) is 9.38. The average molecular weight is 424 g/mol. The number of benzene rings is 1. The highest BCUT2D eigenvalue weighted by Crippen LogP contribution is 2.14. The zero-order valence-corrected chi connectivity index (χ0v) is 18.2. The number of likely N-dealkylation sites (tertiary alicyclic amines) is 1.